The Bertz CT molecular complexity index is 754. The summed E-state index contributed by atoms with van der Waals surface area (Å²) in [5, 5.41) is 4.19. The molecule has 1 atom stereocenters. The van der Waals surface area contributed by atoms with Crippen molar-refractivity contribution in [2.75, 3.05) is 13.1 Å². The molecular formula is C19H25N5O. The van der Waals surface area contributed by atoms with Crippen molar-refractivity contribution < 1.29 is 4.79 Å². The van der Waals surface area contributed by atoms with Gasteiger partial charge in [0, 0.05) is 25.2 Å². The average molecular weight is 339 g/mol. The van der Waals surface area contributed by atoms with E-state index in [9.17, 15) is 4.79 Å². The Kier molecular flexibility index (Phi) is 4.07. The van der Waals surface area contributed by atoms with Gasteiger partial charge in [0.2, 0.25) is 5.91 Å². The van der Waals surface area contributed by atoms with Gasteiger partial charge in [-0.25, -0.2) is 9.67 Å². The highest BCUT2D eigenvalue weighted by Gasteiger charge is 2.43. The molecule has 0 saturated carbocycles. The Balaban J connectivity index is 1.44. The van der Waals surface area contributed by atoms with E-state index in [0.29, 0.717) is 6.54 Å². The Labute approximate surface area is 148 Å². The predicted molar refractivity (Wildman–Crippen MR) is 94.5 cm³/mol. The number of hydrogen-bond donors (Lipinski definition) is 0. The van der Waals surface area contributed by atoms with Crippen LogP contribution in [0.1, 0.15) is 31.7 Å². The van der Waals surface area contributed by atoms with Crippen LogP contribution in [0.25, 0.3) is 0 Å². The molecule has 0 bridgehead atoms. The first-order valence-corrected chi connectivity index (χ1v) is 8.97. The van der Waals surface area contributed by atoms with Gasteiger partial charge in [0.05, 0.1) is 19.0 Å². The molecule has 0 spiro atoms. The Morgan fingerprint density at radius 3 is 2.84 bits per heavy atom. The van der Waals surface area contributed by atoms with Crippen molar-refractivity contribution in [1.82, 2.24) is 24.6 Å². The number of rotatable bonds is 3. The van der Waals surface area contributed by atoms with Gasteiger partial charge in [-0.3, -0.25) is 9.69 Å². The lowest BCUT2D eigenvalue weighted by molar-refractivity contribution is -0.136. The zero-order valence-corrected chi connectivity index (χ0v) is 14.9. The Morgan fingerprint density at radius 2 is 2.04 bits per heavy atom. The van der Waals surface area contributed by atoms with Gasteiger partial charge in [-0.05, 0) is 25.8 Å². The minimum absolute atomic E-state index is 0.0337. The Hall–Kier alpha value is -2.21. The average Bonchev–Trinajstić information content (AvgIpc) is 3.19. The fourth-order valence-electron chi connectivity index (χ4n) is 4.07. The van der Waals surface area contributed by atoms with E-state index < -0.39 is 0 Å². The summed E-state index contributed by atoms with van der Waals surface area (Å²) in [7, 11) is 0. The first-order chi connectivity index (χ1) is 12.0. The quantitative estimate of drug-likeness (QED) is 0.857. The normalized spacial score (nSPS) is 22.8. The zero-order valence-electron chi connectivity index (χ0n) is 14.9. The minimum atomic E-state index is 0.0337. The van der Waals surface area contributed by atoms with Crippen LogP contribution in [0.5, 0.6) is 0 Å². The highest BCUT2D eigenvalue weighted by molar-refractivity contribution is 5.79. The fraction of sp³-hybridized carbons (Fsp3) is 0.526. The van der Waals surface area contributed by atoms with E-state index in [0.717, 1.165) is 38.4 Å². The van der Waals surface area contributed by atoms with Crippen molar-refractivity contribution in [3.63, 3.8) is 0 Å². The molecule has 25 heavy (non-hydrogen) atoms. The number of aromatic nitrogens is 3. The molecule has 0 N–H and O–H groups in total. The van der Waals surface area contributed by atoms with E-state index in [1.807, 2.05) is 15.6 Å². The van der Waals surface area contributed by atoms with E-state index in [1.54, 1.807) is 6.33 Å². The van der Waals surface area contributed by atoms with E-state index in [2.05, 4.69) is 53.1 Å². The summed E-state index contributed by atoms with van der Waals surface area (Å²) in [6.07, 6.45) is 2.48. The molecule has 0 radical (unpaired) electrons. The number of nitrogens with zero attached hydrogens (tertiary/aromatic N) is 5. The molecule has 1 fully saturated rings. The number of fused-ring (bicyclic) bond motifs is 1. The van der Waals surface area contributed by atoms with Gasteiger partial charge in [-0.1, -0.05) is 30.3 Å². The van der Waals surface area contributed by atoms with Crippen LogP contribution in [-0.4, -0.2) is 49.1 Å². The van der Waals surface area contributed by atoms with Crippen molar-refractivity contribution in [3.8, 4) is 0 Å². The van der Waals surface area contributed by atoms with Crippen molar-refractivity contribution in [2.24, 2.45) is 5.92 Å². The summed E-state index contributed by atoms with van der Waals surface area (Å²) in [4.78, 5) is 21.7. The lowest BCUT2D eigenvalue weighted by Gasteiger charge is -2.31. The number of benzene rings is 1. The monoisotopic (exact) mass is 339 g/mol. The highest BCUT2D eigenvalue weighted by Crippen LogP contribution is 2.35. The lowest BCUT2D eigenvalue weighted by atomic mass is 9.95. The molecule has 2 aromatic rings. The minimum Gasteiger partial charge on any atom is -0.333 e. The lowest BCUT2D eigenvalue weighted by Crippen LogP contribution is -2.42. The van der Waals surface area contributed by atoms with E-state index in [4.69, 9.17) is 0 Å². The van der Waals surface area contributed by atoms with Crippen LogP contribution in [0, 0.1) is 5.92 Å². The van der Waals surface area contributed by atoms with Crippen LogP contribution in [0.15, 0.2) is 36.7 Å². The summed E-state index contributed by atoms with van der Waals surface area (Å²) < 4.78 is 1.89. The maximum absolute atomic E-state index is 13.1. The third-order valence-electron chi connectivity index (χ3n) is 5.53. The van der Waals surface area contributed by atoms with Crippen LogP contribution in [-0.2, 0) is 24.4 Å². The second-order valence-electron chi connectivity index (χ2n) is 7.74. The van der Waals surface area contributed by atoms with Gasteiger partial charge in [-0.15, -0.1) is 0 Å². The molecule has 1 saturated heterocycles. The maximum atomic E-state index is 13.1. The summed E-state index contributed by atoms with van der Waals surface area (Å²) in [6, 6.07) is 10.5. The Morgan fingerprint density at radius 1 is 1.24 bits per heavy atom. The molecule has 1 aromatic carbocycles. The van der Waals surface area contributed by atoms with Crippen molar-refractivity contribution in [2.45, 2.75) is 45.4 Å². The first kappa shape index (κ1) is 16.3. The van der Waals surface area contributed by atoms with Crippen molar-refractivity contribution >= 4 is 5.91 Å². The smallest absolute Gasteiger partial charge is 0.227 e. The topological polar surface area (TPSA) is 54.3 Å². The van der Waals surface area contributed by atoms with E-state index in [-0.39, 0.29) is 17.4 Å². The van der Waals surface area contributed by atoms with Gasteiger partial charge in [0.15, 0.2) is 0 Å². The second-order valence-corrected chi connectivity index (χ2v) is 7.74. The molecule has 3 heterocycles. The third kappa shape index (κ3) is 3.18. The number of amides is 1. The second kappa shape index (κ2) is 6.26. The molecule has 0 aliphatic carbocycles. The van der Waals surface area contributed by atoms with Crippen molar-refractivity contribution in [1.29, 1.82) is 0 Å². The third-order valence-corrected chi connectivity index (χ3v) is 5.53. The maximum Gasteiger partial charge on any atom is 0.227 e. The van der Waals surface area contributed by atoms with Crippen LogP contribution >= 0.6 is 0 Å². The molecule has 1 unspecified atom stereocenters. The highest BCUT2D eigenvalue weighted by atomic mass is 16.2. The van der Waals surface area contributed by atoms with Gasteiger partial charge in [-0.2, -0.15) is 5.10 Å². The number of carbonyl (C=O) groups excluding carboxylic acids is 1. The van der Waals surface area contributed by atoms with Crippen LogP contribution < -0.4 is 0 Å². The largest absolute Gasteiger partial charge is 0.333 e. The fourth-order valence-corrected chi connectivity index (χ4v) is 4.07. The summed E-state index contributed by atoms with van der Waals surface area (Å²) in [6.45, 7) is 8.26. The molecule has 6 heteroatoms. The summed E-state index contributed by atoms with van der Waals surface area (Å²) in [5.74, 6) is 1.21. The molecule has 1 amide bonds. The van der Waals surface area contributed by atoms with Gasteiger partial charge in [0.1, 0.15) is 12.2 Å². The zero-order chi connectivity index (χ0) is 17.4. The van der Waals surface area contributed by atoms with Crippen LogP contribution in [0.3, 0.4) is 0 Å². The van der Waals surface area contributed by atoms with E-state index >= 15 is 0 Å². The first-order valence-electron chi connectivity index (χ1n) is 8.97. The molecule has 2 aliphatic rings. The van der Waals surface area contributed by atoms with Gasteiger partial charge in [0.25, 0.3) is 0 Å². The standard InChI is InChI=1S/C19H25N5O/c1-19(2)10-16(12-23(19)11-15-6-4-3-5-7-15)18(25)22-8-9-24-17(13-22)20-14-21-24/h3-7,14,16H,8-13H2,1-2H3. The van der Waals surface area contributed by atoms with E-state index in [1.165, 1.54) is 5.56 Å². The molecule has 6 nitrogen and oxygen atoms in total. The summed E-state index contributed by atoms with van der Waals surface area (Å²) >= 11 is 0. The molecule has 2 aliphatic heterocycles. The van der Waals surface area contributed by atoms with Crippen LogP contribution in [0.2, 0.25) is 0 Å². The number of carbonyl (C=O) groups is 1. The number of hydrogen-bond acceptors (Lipinski definition) is 4. The molecular weight excluding hydrogens is 314 g/mol. The van der Waals surface area contributed by atoms with Gasteiger partial charge >= 0.3 is 0 Å². The molecule has 1 aromatic heterocycles. The van der Waals surface area contributed by atoms with Crippen molar-refractivity contribution in [3.05, 3.63) is 48.0 Å². The predicted octanol–water partition coefficient (Wildman–Crippen LogP) is 1.92. The van der Waals surface area contributed by atoms with Gasteiger partial charge < -0.3 is 4.90 Å². The SMILES string of the molecule is CC1(C)CC(C(=O)N2CCn3ncnc3C2)CN1Cc1ccccc1. The van der Waals surface area contributed by atoms with Crippen LogP contribution in [0.4, 0.5) is 0 Å². The summed E-state index contributed by atoms with van der Waals surface area (Å²) in [5.41, 5.74) is 1.33. The molecule has 132 valence electrons. The number of likely N-dealkylation sites (tertiary alicyclic amines) is 1. The molecule has 4 rings (SSSR count).